The number of aryl methyl sites for hydroxylation is 2. The van der Waals surface area contributed by atoms with E-state index in [0.717, 1.165) is 28.9 Å². The number of hydrogen-bond acceptors (Lipinski definition) is 6. The molecule has 0 bridgehead atoms. The zero-order valence-electron chi connectivity index (χ0n) is 19.4. The van der Waals surface area contributed by atoms with Crippen LogP contribution in [0.2, 0.25) is 5.02 Å². The van der Waals surface area contributed by atoms with E-state index >= 15 is 8.78 Å². The fourth-order valence-electron chi connectivity index (χ4n) is 4.59. The fraction of sp³-hybridized carbons (Fsp3) is 0.240. The molecular formula is C25H20ClF2N3O3S2. The van der Waals surface area contributed by atoms with E-state index in [-0.39, 0.29) is 28.1 Å². The largest absolute Gasteiger partial charge is 0.277 e. The molecule has 0 aliphatic heterocycles. The molecule has 1 fully saturated rings. The Labute approximate surface area is 215 Å². The van der Waals surface area contributed by atoms with Crippen molar-refractivity contribution >= 4 is 33.0 Å². The van der Waals surface area contributed by atoms with Gasteiger partial charge in [0, 0.05) is 35.3 Å². The molecule has 1 aromatic carbocycles. The minimum absolute atomic E-state index is 0.00120. The Bertz CT molecular complexity index is 1690. The molecule has 0 radical (unpaired) electrons. The molecule has 0 unspecified atom stereocenters. The van der Waals surface area contributed by atoms with Crippen LogP contribution in [0.5, 0.6) is 0 Å². The Morgan fingerprint density at radius 2 is 1.89 bits per heavy atom. The third-order valence-electron chi connectivity index (χ3n) is 6.45. The number of benzene rings is 1. The average Bonchev–Trinajstić information content (AvgIpc) is 3.41. The van der Waals surface area contributed by atoms with Gasteiger partial charge in [0.15, 0.2) is 21.5 Å². The Morgan fingerprint density at radius 3 is 2.56 bits per heavy atom. The Balaban J connectivity index is 1.65. The topological polar surface area (TPSA) is 81.9 Å². The predicted octanol–water partition coefficient (Wildman–Crippen LogP) is 5.58. The molecule has 11 heteroatoms. The van der Waals surface area contributed by atoms with Crippen molar-refractivity contribution in [3.05, 3.63) is 91.4 Å². The second-order valence-electron chi connectivity index (χ2n) is 8.94. The van der Waals surface area contributed by atoms with Gasteiger partial charge in [-0.1, -0.05) is 17.7 Å². The molecule has 0 N–H and O–H groups in total. The summed E-state index contributed by atoms with van der Waals surface area (Å²) in [6.45, 7) is 3.25. The molecule has 6 nitrogen and oxygen atoms in total. The standard InChI is InChI=1S/C25H20ClF2N3O3S2/c1-12-9-29-23(15-5-4-6-19(21(15)27)36(3,33)34)22(28)24(12)31-13(2)7-18(20(26)25(31)32)17-8-16(17)14-10-30-35-11-14/h4-7,9-11,16-17H,8H2,1-3H3/t16-,17+/m1/s1. The maximum atomic E-state index is 15.9. The lowest BCUT2D eigenvalue weighted by Gasteiger charge is -2.18. The van der Waals surface area contributed by atoms with Gasteiger partial charge in [0.25, 0.3) is 5.56 Å². The van der Waals surface area contributed by atoms with Crippen LogP contribution in [-0.4, -0.2) is 28.6 Å². The van der Waals surface area contributed by atoms with Gasteiger partial charge in [0.2, 0.25) is 0 Å². The molecule has 4 aromatic rings. The van der Waals surface area contributed by atoms with Crippen LogP contribution in [0.4, 0.5) is 8.78 Å². The van der Waals surface area contributed by atoms with E-state index in [4.69, 9.17) is 11.6 Å². The van der Waals surface area contributed by atoms with Crippen LogP contribution in [0, 0.1) is 25.5 Å². The molecule has 186 valence electrons. The van der Waals surface area contributed by atoms with Crippen LogP contribution in [0.3, 0.4) is 0 Å². The Kier molecular flexibility index (Phi) is 6.09. The van der Waals surface area contributed by atoms with Crippen molar-refractivity contribution in [3.8, 4) is 16.9 Å². The van der Waals surface area contributed by atoms with E-state index < -0.39 is 37.6 Å². The van der Waals surface area contributed by atoms with Crippen molar-refractivity contribution in [2.45, 2.75) is 37.0 Å². The normalized spacial score (nSPS) is 17.4. The molecule has 0 spiro atoms. The molecular weight excluding hydrogens is 528 g/mol. The molecule has 3 heterocycles. The van der Waals surface area contributed by atoms with Gasteiger partial charge in [-0.3, -0.25) is 14.3 Å². The van der Waals surface area contributed by atoms with E-state index in [1.807, 2.05) is 11.6 Å². The third kappa shape index (κ3) is 4.07. The summed E-state index contributed by atoms with van der Waals surface area (Å²) in [6.07, 6.45) is 4.83. The van der Waals surface area contributed by atoms with Crippen molar-refractivity contribution in [1.82, 2.24) is 13.9 Å². The average molecular weight is 548 g/mol. The van der Waals surface area contributed by atoms with Crippen molar-refractivity contribution in [3.63, 3.8) is 0 Å². The molecule has 1 saturated carbocycles. The van der Waals surface area contributed by atoms with Crippen molar-refractivity contribution in [2.75, 3.05) is 6.26 Å². The summed E-state index contributed by atoms with van der Waals surface area (Å²) in [4.78, 5) is 16.9. The maximum absolute atomic E-state index is 15.9. The zero-order chi connectivity index (χ0) is 25.9. The zero-order valence-corrected chi connectivity index (χ0v) is 21.8. The van der Waals surface area contributed by atoms with E-state index in [0.29, 0.717) is 16.8 Å². The van der Waals surface area contributed by atoms with Gasteiger partial charge in [-0.2, -0.15) is 0 Å². The van der Waals surface area contributed by atoms with Crippen LogP contribution in [0.1, 0.15) is 40.6 Å². The SMILES string of the molecule is Cc1cnc(-c2cccc(S(C)(=O)=O)c2F)c(F)c1-n1c(C)cc([C@H]2C[C@@H]2c2cnsc2)c(Cl)c1=O. The molecule has 0 amide bonds. The number of nitrogens with zero attached hydrogens (tertiary/aromatic N) is 3. The molecule has 36 heavy (non-hydrogen) atoms. The van der Waals surface area contributed by atoms with E-state index in [1.54, 1.807) is 19.9 Å². The number of hydrogen-bond donors (Lipinski definition) is 0. The lowest BCUT2D eigenvalue weighted by atomic mass is 10.1. The van der Waals surface area contributed by atoms with Crippen LogP contribution >= 0.6 is 23.1 Å². The fourth-order valence-corrected chi connectivity index (χ4v) is 6.23. The summed E-state index contributed by atoms with van der Waals surface area (Å²) in [6, 6.07) is 5.43. The number of sulfone groups is 1. The first kappa shape index (κ1) is 24.7. The highest BCUT2D eigenvalue weighted by molar-refractivity contribution is 7.90. The first-order chi connectivity index (χ1) is 17.0. The monoisotopic (exact) mass is 547 g/mol. The number of rotatable bonds is 5. The predicted molar refractivity (Wildman–Crippen MR) is 135 cm³/mol. The van der Waals surface area contributed by atoms with Crippen molar-refractivity contribution in [2.24, 2.45) is 0 Å². The van der Waals surface area contributed by atoms with Crippen molar-refractivity contribution in [1.29, 1.82) is 0 Å². The minimum Gasteiger partial charge on any atom is -0.277 e. The van der Waals surface area contributed by atoms with Crippen LogP contribution < -0.4 is 5.56 Å². The highest BCUT2D eigenvalue weighted by Crippen LogP contribution is 2.56. The second kappa shape index (κ2) is 8.86. The molecule has 0 saturated heterocycles. The van der Waals surface area contributed by atoms with Gasteiger partial charge in [0.1, 0.15) is 15.6 Å². The summed E-state index contributed by atoms with van der Waals surface area (Å²) >= 11 is 7.89. The quantitative estimate of drug-likeness (QED) is 0.326. The van der Waals surface area contributed by atoms with Gasteiger partial charge in [-0.25, -0.2) is 21.6 Å². The van der Waals surface area contributed by atoms with Gasteiger partial charge in [-0.05, 0) is 78.5 Å². The second-order valence-corrected chi connectivity index (χ2v) is 12.0. The summed E-state index contributed by atoms with van der Waals surface area (Å²) in [5.74, 6) is -1.77. The van der Waals surface area contributed by atoms with Gasteiger partial charge in [0.05, 0.1) is 5.69 Å². The lowest BCUT2D eigenvalue weighted by Crippen LogP contribution is -2.24. The Hall–Kier alpha value is -2.95. The van der Waals surface area contributed by atoms with Gasteiger partial charge in [-0.15, -0.1) is 0 Å². The molecule has 2 atom stereocenters. The van der Waals surface area contributed by atoms with Crippen LogP contribution in [-0.2, 0) is 9.84 Å². The van der Waals surface area contributed by atoms with E-state index in [9.17, 15) is 13.2 Å². The minimum atomic E-state index is -3.90. The molecule has 1 aliphatic rings. The maximum Gasteiger partial charge on any atom is 0.274 e. The smallest absolute Gasteiger partial charge is 0.274 e. The molecule has 3 aromatic heterocycles. The summed E-state index contributed by atoms with van der Waals surface area (Å²) < 4.78 is 60.3. The lowest BCUT2D eigenvalue weighted by molar-refractivity contribution is 0.569. The van der Waals surface area contributed by atoms with Crippen molar-refractivity contribution < 1.29 is 17.2 Å². The number of halogens is 3. The van der Waals surface area contributed by atoms with Crippen LogP contribution in [0.15, 0.2) is 51.7 Å². The molecule has 1 aliphatic carbocycles. The summed E-state index contributed by atoms with van der Waals surface area (Å²) in [5.41, 5.74) is 1.15. The third-order valence-corrected chi connectivity index (χ3v) is 8.55. The first-order valence-electron chi connectivity index (χ1n) is 11.0. The van der Waals surface area contributed by atoms with E-state index in [1.165, 1.54) is 29.9 Å². The summed E-state index contributed by atoms with van der Waals surface area (Å²) in [7, 11) is -3.90. The Morgan fingerprint density at radius 1 is 1.14 bits per heavy atom. The first-order valence-corrected chi connectivity index (χ1v) is 14.1. The van der Waals surface area contributed by atoms with Crippen LogP contribution in [0.25, 0.3) is 16.9 Å². The number of aromatic nitrogens is 3. The molecule has 5 rings (SSSR count). The number of pyridine rings is 2. The summed E-state index contributed by atoms with van der Waals surface area (Å²) in [5, 5.41) is 1.97. The highest BCUT2D eigenvalue weighted by atomic mass is 35.5. The highest BCUT2D eigenvalue weighted by Gasteiger charge is 2.42. The van der Waals surface area contributed by atoms with Gasteiger partial charge < -0.3 is 0 Å². The van der Waals surface area contributed by atoms with E-state index in [2.05, 4.69) is 9.36 Å². The van der Waals surface area contributed by atoms with Gasteiger partial charge >= 0.3 is 0 Å².